The maximum absolute atomic E-state index is 12.3. The minimum absolute atomic E-state index is 0.0250. The second-order valence-corrected chi connectivity index (χ2v) is 11.3. The van der Waals surface area contributed by atoms with Gasteiger partial charge in [-0.3, -0.25) is 4.90 Å². The first-order valence-electron chi connectivity index (χ1n) is 11.8. The number of ether oxygens (including phenoxy) is 3. The normalized spacial score (nSPS) is 66.1. The Kier molecular flexibility index (Phi) is 3.41. The summed E-state index contributed by atoms with van der Waals surface area (Å²) in [5.41, 5.74) is -0.737. The molecule has 0 aromatic rings. The van der Waals surface area contributed by atoms with Gasteiger partial charge in [0.05, 0.1) is 30.5 Å². The van der Waals surface area contributed by atoms with Crippen LogP contribution in [0.25, 0.3) is 0 Å². The molecule has 6 nitrogen and oxygen atoms in total. The van der Waals surface area contributed by atoms with Gasteiger partial charge in [-0.15, -0.1) is 0 Å². The average molecular weight is 406 g/mol. The topological polar surface area (TPSA) is 71.4 Å². The highest BCUT2D eigenvalue weighted by Crippen LogP contribution is 2.82. The number of fused-ring (bicyclic) bond motifs is 3. The molecule has 9 aliphatic rings. The van der Waals surface area contributed by atoms with E-state index in [1.54, 1.807) is 7.11 Å². The molecule has 1 unspecified atom stereocenters. The molecule has 0 aromatic heterocycles. The van der Waals surface area contributed by atoms with Crippen LogP contribution in [0.2, 0.25) is 0 Å². The summed E-state index contributed by atoms with van der Waals surface area (Å²) in [6.07, 6.45) is 4.88. The van der Waals surface area contributed by atoms with Crippen LogP contribution < -0.4 is 0 Å². The van der Waals surface area contributed by atoms with Crippen LogP contribution in [-0.2, 0) is 14.2 Å². The van der Waals surface area contributed by atoms with E-state index in [-0.39, 0.29) is 47.0 Å². The fraction of sp³-hybridized carbons (Fsp3) is 1.00. The minimum atomic E-state index is -0.825. The lowest BCUT2D eigenvalue weighted by Crippen LogP contribution is -2.83. The van der Waals surface area contributed by atoms with Crippen molar-refractivity contribution >= 4 is 0 Å². The Morgan fingerprint density at radius 2 is 2.03 bits per heavy atom. The molecule has 0 aromatic carbocycles. The van der Waals surface area contributed by atoms with E-state index in [2.05, 4.69) is 11.8 Å². The molecule has 13 atom stereocenters. The largest absolute Gasteiger partial charge is 0.392 e. The van der Waals surface area contributed by atoms with E-state index in [1.807, 2.05) is 7.11 Å². The third-order valence-electron chi connectivity index (χ3n) is 11.3. The van der Waals surface area contributed by atoms with Gasteiger partial charge in [-0.05, 0) is 44.1 Å². The van der Waals surface area contributed by atoms with Crippen molar-refractivity contribution in [1.82, 2.24) is 4.90 Å². The van der Waals surface area contributed by atoms with Crippen LogP contribution in [0, 0.1) is 40.4 Å². The Hall–Kier alpha value is -0.240. The summed E-state index contributed by atoms with van der Waals surface area (Å²) >= 11 is 0. The Bertz CT molecular complexity index is 745. The molecule has 4 saturated heterocycles. The fourth-order valence-electron chi connectivity index (χ4n) is 10.9. The number of hydrogen-bond acceptors (Lipinski definition) is 6. The molecule has 9 bridgehead atoms. The van der Waals surface area contributed by atoms with E-state index in [9.17, 15) is 10.2 Å². The molecule has 1 spiro atoms. The molecular formula is C23H35NO5. The van der Waals surface area contributed by atoms with Crippen LogP contribution in [0.3, 0.4) is 0 Å². The van der Waals surface area contributed by atoms with Crippen molar-refractivity contribution < 1.29 is 24.4 Å². The van der Waals surface area contributed by atoms with Crippen molar-refractivity contribution in [2.75, 3.05) is 27.4 Å². The monoisotopic (exact) mass is 405 g/mol. The van der Waals surface area contributed by atoms with E-state index < -0.39 is 11.7 Å². The first-order chi connectivity index (χ1) is 14.0. The molecule has 4 heterocycles. The second-order valence-electron chi connectivity index (χ2n) is 11.3. The zero-order valence-electron chi connectivity index (χ0n) is 17.8. The molecule has 2 N–H and O–H groups in total. The SMILES string of the molecule is CCN1C2O[C@H]3CC[C@]2(COC)[C@H]2C[C@@H]4[C@@H]1[C@@]32[C@@H]1C[C@H]2[C@H](O)[C@@H]1[C@]4(O)C[C@@H]2OC. The molecule has 6 heteroatoms. The first kappa shape index (κ1) is 18.3. The molecule has 29 heavy (non-hydrogen) atoms. The molecule has 5 aliphatic carbocycles. The predicted octanol–water partition coefficient (Wildman–Crippen LogP) is 1.24. The van der Waals surface area contributed by atoms with Crippen molar-refractivity contribution in [3.63, 3.8) is 0 Å². The van der Waals surface area contributed by atoms with Gasteiger partial charge in [0.2, 0.25) is 0 Å². The Morgan fingerprint density at radius 3 is 2.76 bits per heavy atom. The summed E-state index contributed by atoms with van der Waals surface area (Å²) < 4.78 is 18.6. The summed E-state index contributed by atoms with van der Waals surface area (Å²) in [6.45, 7) is 3.94. The van der Waals surface area contributed by atoms with Crippen molar-refractivity contribution in [2.24, 2.45) is 40.4 Å². The van der Waals surface area contributed by atoms with Gasteiger partial charge in [-0.2, -0.15) is 0 Å². The van der Waals surface area contributed by atoms with E-state index in [1.165, 1.54) is 6.42 Å². The highest BCUT2D eigenvalue weighted by atomic mass is 16.5. The van der Waals surface area contributed by atoms with Gasteiger partial charge < -0.3 is 24.4 Å². The fourth-order valence-corrected chi connectivity index (χ4v) is 10.9. The highest BCUT2D eigenvalue weighted by molar-refractivity contribution is 5.35. The smallest absolute Gasteiger partial charge is 0.119 e. The third kappa shape index (κ3) is 1.62. The number of aliphatic hydroxyl groups is 2. The van der Waals surface area contributed by atoms with Crippen LogP contribution in [0.4, 0.5) is 0 Å². The number of methoxy groups -OCH3 is 2. The highest BCUT2D eigenvalue weighted by Gasteiger charge is 2.87. The second kappa shape index (κ2) is 5.38. The van der Waals surface area contributed by atoms with Crippen LogP contribution in [-0.4, -0.2) is 78.7 Å². The van der Waals surface area contributed by atoms with E-state index in [0.29, 0.717) is 24.3 Å². The van der Waals surface area contributed by atoms with Gasteiger partial charge >= 0.3 is 0 Å². The Labute approximate surface area is 172 Å². The van der Waals surface area contributed by atoms with Crippen LogP contribution in [0.15, 0.2) is 0 Å². The first-order valence-corrected chi connectivity index (χ1v) is 11.8. The number of hydrogen-bond donors (Lipinski definition) is 2. The summed E-state index contributed by atoms with van der Waals surface area (Å²) in [5.74, 6) is 1.18. The van der Waals surface area contributed by atoms with Gasteiger partial charge in [-0.1, -0.05) is 6.92 Å². The summed E-state index contributed by atoms with van der Waals surface area (Å²) in [7, 11) is 3.58. The molecule has 9 rings (SSSR count). The Balaban J connectivity index is 1.47. The maximum atomic E-state index is 12.3. The Morgan fingerprint density at radius 1 is 1.21 bits per heavy atom. The van der Waals surface area contributed by atoms with Crippen molar-refractivity contribution in [3.8, 4) is 0 Å². The molecule has 4 aliphatic heterocycles. The number of rotatable bonds is 4. The minimum Gasteiger partial charge on any atom is -0.392 e. The van der Waals surface area contributed by atoms with Crippen molar-refractivity contribution in [3.05, 3.63) is 0 Å². The van der Waals surface area contributed by atoms with Gasteiger partial charge in [0.1, 0.15) is 6.23 Å². The summed E-state index contributed by atoms with van der Waals surface area (Å²) in [6, 6.07) is 0.374. The van der Waals surface area contributed by atoms with Crippen LogP contribution in [0.1, 0.15) is 39.0 Å². The zero-order chi connectivity index (χ0) is 19.9. The van der Waals surface area contributed by atoms with Gasteiger partial charge in [0, 0.05) is 55.3 Å². The van der Waals surface area contributed by atoms with Gasteiger partial charge in [0.25, 0.3) is 0 Å². The average Bonchev–Trinajstić information content (AvgIpc) is 3.17. The van der Waals surface area contributed by atoms with Crippen LogP contribution in [0.5, 0.6) is 0 Å². The lowest BCUT2D eigenvalue weighted by Gasteiger charge is -2.76. The number of nitrogens with zero attached hydrogens (tertiary/aromatic N) is 1. The molecule has 9 fully saturated rings. The molecule has 0 amide bonds. The van der Waals surface area contributed by atoms with Crippen molar-refractivity contribution in [1.29, 1.82) is 0 Å². The lowest BCUT2D eigenvalue weighted by atomic mass is 9.41. The van der Waals surface area contributed by atoms with Crippen LogP contribution >= 0.6 is 0 Å². The maximum Gasteiger partial charge on any atom is 0.119 e. The predicted molar refractivity (Wildman–Crippen MR) is 104 cm³/mol. The van der Waals surface area contributed by atoms with Gasteiger partial charge in [0.15, 0.2) is 0 Å². The quantitative estimate of drug-likeness (QED) is 0.733. The molecule has 5 saturated carbocycles. The van der Waals surface area contributed by atoms with E-state index in [0.717, 1.165) is 32.4 Å². The summed E-state index contributed by atoms with van der Waals surface area (Å²) in [5, 5.41) is 23.7. The molecule has 162 valence electrons. The summed E-state index contributed by atoms with van der Waals surface area (Å²) in [4.78, 5) is 2.61. The standard InChI is InChI=1S/C23H35NO5/c1-4-24-19-13-8-15-21(10-27-2)6-5-16(29-20(21)24)23(15,19)12-7-11-14(28-3)9-22(13,26)17(12)18(11)25/h11-20,25-26H,4-10H2,1-3H3/t11-,12-,13-,14+,15-,16+,17-,18+,19-,20?,21+,22+,23-/m1/s1. The van der Waals surface area contributed by atoms with E-state index >= 15 is 0 Å². The van der Waals surface area contributed by atoms with Gasteiger partial charge in [-0.25, -0.2) is 0 Å². The molecular weight excluding hydrogens is 370 g/mol. The molecule has 0 radical (unpaired) electrons. The van der Waals surface area contributed by atoms with E-state index in [4.69, 9.17) is 14.2 Å². The number of piperidine rings is 1. The van der Waals surface area contributed by atoms with Crippen molar-refractivity contribution in [2.45, 2.75) is 75.2 Å². The third-order valence-corrected chi connectivity index (χ3v) is 11.3. The lowest BCUT2D eigenvalue weighted by molar-refractivity contribution is -0.399. The number of aliphatic hydroxyl groups excluding tert-OH is 1. The zero-order valence-corrected chi connectivity index (χ0v) is 17.8.